The van der Waals surface area contributed by atoms with E-state index in [1.165, 1.54) is 31.4 Å². The van der Waals surface area contributed by atoms with E-state index in [-0.39, 0.29) is 16.3 Å². The number of benzene rings is 2. The zero-order valence-corrected chi connectivity index (χ0v) is 15.5. The third kappa shape index (κ3) is 5.22. The van der Waals surface area contributed by atoms with Crippen molar-refractivity contribution in [2.45, 2.75) is 31.2 Å². The van der Waals surface area contributed by atoms with Crippen molar-refractivity contribution in [3.8, 4) is 5.75 Å². The van der Waals surface area contributed by atoms with E-state index in [1.807, 2.05) is 20.8 Å². The summed E-state index contributed by atoms with van der Waals surface area (Å²) in [5.74, 6) is 0.386. The molecule has 2 N–H and O–H groups in total. The number of anilines is 1. The van der Waals surface area contributed by atoms with E-state index in [9.17, 15) is 13.2 Å². The van der Waals surface area contributed by atoms with Crippen molar-refractivity contribution >= 4 is 21.6 Å². The fraction of sp³-hybridized carbons (Fsp3) is 0.278. The summed E-state index contributed by atoms with van der Waals surface area (Å²) in [5.41, 5.74) is 0.464. The lowest BCUT2D eigenvalue weighted by atomic mass is 10.1. The number of rotatable bonds is 5. The van der Waals surface area contributed by atoms with Crippen LogP contribution in [0.2, 0.25) is 0 Å². The van der Waals surface area contributed by atoms with Gasteiger partial charge in [-0.3, -0.25) is 9.52 Å². The molecule has 0 aliphatic heterocycles. The van der Waals surface area contributed by atoms with Crippen LogP contribution in [0.25, 0.3) is 0 Å². The summed E-state index contributed by atoms with van der Waals surface area (Å²) >= 11 is 0. The molecule has 0 saturated heterocycles. The molecule has 0 atom stereocenters. The van der Waals surface area contributed by atoms with Gasteiger partial charge in [-0.05, 0) is 69.3 Å². The molecule has 0 spiro atoms. The fourth-order valence-electron chi connectivity index (χ4n) is 2.07. The molecule has 0 aliphatic carbocycles. The largest absolute Gasteiger partial charge is 0.497 e. The average molecular weight is 362 g/mol. The number of sulfonamides is 1. The van der Waals surface area contributed by atoms with Crippen LogP contribution in [0, 0.1) is 0 Å². The van der Waals surface area contributed by atoms with Crippen molar-refractivity contribution in [1.29, 1.82) is 0 Å². The minimum Gasteiger partial charge on any atom is -0.497 e. The summed E-state index contributed by atoms with van der Waals surface area (Å²) in [6.45, 7) is 5.63. The van der Waals surface area contributed by atoms with Gasteiger partial charge in [0.1, 0.15) is 5.75 Å². The molecule has 0 heterocycles. The molecule has 1 amide bonds. The number of amides is 1. The Morgan fingerprint density at radius 3 is 2.00 bits per heavy atom. The number of ether oxygens (including phenoxy) is 1. The van der Waals surface area contributed by atoms with Crippen LogP contribution in [-0.4, -0.2) is 27.0 Å². The fourth-order valence-corrected chi connectivity index (χ4v) is 3.13. The highest BCUT2D eigenvalue weighted by Crippen LogP contribution is 2.19. The molecule has 134 valence electrons. The van der Waals surface area contributed by atoms with Crippen LogP contribution in [-0.2, 0) is 10.0 Å². The standard InChI is InChI=1S/C18H22N2O4S/c1-18(2,3)19-17(21)13-5-11-16(12-6-13)25(22,23)20-14-7-9-15(24-4)10-8-14/h5-12,20H,1-4H3,(H,19,21). The molecule has 0 saturated carbocycles. The molecule has 0 aliphatic rings. The molecular formula is C18H22N2O4S. The Morgan fingerprint density at radius 2 is 1.52 bits per heavy atom. The van der Waals surface area contributed by atoms with Gasteiger partial charge in [-0.25, -0.2) is 8.42 Å². The molecule has 0 bridgehead atoms. The molecule has 7 heteroatoms. The minimum absolute atomic E-state index is 0.0793. The molecule has 0 aromatic heterocycles. The first-order valence-corrected chi connectivity index (χ1v) is 9.18. The Balaban J connectivity index is 2.15. The average Bonchev–Trinajstić information content (AvgIpc) is 2.54. The number of hydrogen-bond donors (Lipinski definition) is 2. The maximum atomic E-state index is 12.4. The van der Waals surface area contributed by atoms with Crippen molar-refractivity contribution < 1.29 is 17.9 Å². The third-order valence-corrected chi connectivity index (χ3v) is 4.65. The molecule has 0 fully saturated rings. The Kier molecular flexibility index (Phi) is 5.37. The highest BCUT2D eigenvalue weighted by atomic mass is 32.2. The smallest absolute Gasteiger partial charge is 0.261 e. The van der Waals surface area contributed by atoms with Crippen molar-refractivity contribution in [1.82, 2.24) is 5.32 Å². The molecule has 2 rings (SSSR count). The van der Waals surface area contributed by atoms with E-state index < -0.39 is 10.0 Å². The van der Waals surface area contributed by atoms with Gasteiger partial charge in [0.15, 0.2) is 0 Å². The first kappa shape index (κ1) is 18.8. The first-order chi connectivity index (χ1) is 11.6. The van der Waals surface area contributed by atoms with Gasteiger partial charge in [0.05, 0.1) is 12.0 Å². The lowest BCUT2D eigenvalue weighted by Crippen LogP contribution is -2.40. The van der Waals surface area contributed by atoms with E-state index in [0.29, 0.717) is 17.0 Å². The van der Waals surface area contributed by atoms with Gasteiger partial charge in [0.25, 0.3) is 15.9 Å². The second-order valence-electron chi connectivity index (χ2n) is 6.56. The predicted molar refractivity (Wildman–Crippen MR) is 97.5 cm³/mol. The van der Waals surface area contributed by atoms with Crippen molar-refractivity contribution in [2.24, 2.45) is 0 Å². The zero-order valence-electron chi connectivity index (χ0n) is 14.7. The molecule has 25 heavy (non-hydrogen) atoms. The normalized spacial score (nSPS) is 11.7. The van der Waals surface area contributed by atoms with Gasteiger partial charge in [0.2, 0.25) is 0 Å². The third-order valence-electron chi connectivity index (χ3n) is 3.26. The van der Waals surface area contributed by atoms with Crippen LogP contribution in [0.5, 0.6) is 5.75 Å². The summed E-state index contributed by atoms with van der Waals surface area (Å²) in [4.78, 5) is 12.2. The van der Waals surface area contributed by atoms with E-state index in [0.717, 1.165) is 0 Å². The maximum absolute atomic E-state index is 12.4. The van der Waals surface area contributed by atoms with Gasteiger partial charge in [-0.2, -0.15) is 0 Å². The molecule has 2 aromatic carbocycles. The second-order valence-corrected chi connectivity index (χ2v) is 8.24. The topological polar surface area (TPSA) is 84.5 Å². The Morgan fingerprint density at radius 1 is 0.960 bits per heavy atom. The molecule has 6 nitrogen and oxygen atoms in total. The quantitative estimate of drug-likeness (QED) is 0.856. The summed E-state index contributed by atoms with van der Waals surface area (Å²) in [5, 5.41) is 2.83. The SMILES string of the molecule is COc1ccc(NS(=O)(=O)c2ccc(C(=O)NC(C)(C)C)cc2)cc1. The molecular weight excluding hydrogens is 340 g/mol. The van der Waals surface area contributed by atoms with Crippen molar-refractivity contribution in [2.75, 3.05) is 11.8 Å². The van der Waals surface area contributed by atoms with Gasteiger partial charge >= 0.3 is 0 Å². The highest BCUT2D eigenvalue weighted by Gasteiger charge is 2.18. The van der Waals surface area contributed by atoms with Crippen LogP contribution < -0.4 is 14.8 Å². The summed E-state index contributed by atoms with van der Waals surface area (Å²) < 4.78 is 32.4. The molecule has 2 aromatic rings. The zero-order chi connectivity index (χ0) is 18.7. The van der Waals surface area contributed by atoms with Crippen LogP contribution in [0.15, 0.2) is 53.4 Å². The van der Waals surface area contributed by atoms with E-state index >= 15 is 0 Å². The van der Waals surface area contributed by atoms with Crippen LogP contribution in [0.1, 0.15) is 31.1 Å². The van der Waals surface area contributed by atoms with E-state index in [2.05, 4.69) is 10.0 Å². The maximum Gasteiger partial charge on any atom is 0.261 e. The van der Waals surface area contributed by atoms with Crippen molar-refractivity contribution in [3.05, 3.63) is 54.1 Å². The summed E-state index contributed by atoms with van der Waals surface area (Å²) in [6, 6.07) is 12.3. The first-order valence-electron chi connectivity index (χ1n) is 7.70. The monoisotopic (exact) mass is 362 g/mol. The number of nitrogens with one attached hydrogen (secondary N) is 2. The van der Waals surface area contributed by atoms with Crippen LogP contribution in [0.3, 0.4) is 0 Å². The van der Waals surface area contributed by atoms with Crippen LogP contribution in [0.4, 0.5) is 5.69 Å². The lowest BCUT2D eigenvalue weighted by Gasteiger charge is -2.20. The molecule has 0 radical (unpaired) electrons. The van der Waals surface area contributed by atoms with Gasteiger partial charge < -0.3 is 10.1 Å². The summed E-state index contributed by atoms with van der Waals surface area (Å²) in [6.07, 6.45) is 0. The van der Waals surface area contributed by atoms with E-state index in [4.69, 9.17) is 4.74 Å². The van der Waals surface area contributed by atoms with Gasteiger partial charge in [-0.1, -0.05) is 0 Å². The number of hydrogen-bond acceptors (Lipinski definition) is 4. The summed E-state index contributed by atoms with van der Waals surface area (Å²) in [7, 11) is -2.19. The second kappa shape index (κ2) is 7.14. The Hall–Kier alpha value is -2.54. The Bertz CT molecular complexity index is 836. The Labute approximate surface area is 148 Å². The molecule has 0 unspecified atom stereocenters. The van der Waals surface area contributed by atoms with Crippen LogP contribution >= 0.6 is 0 Å². The number of carbonyl (C=O) groups is 1. The number of methoxy groups -OCH3 is 1. The highest BCUT2D eigenvalue weighted by molar-refractivity contribution is 7.92. The minimum atomic E-state index is -3.73. The van der Waals surface area contributed by atoms with E-state index in [1.54, 1.807) is 24.3 Å². The number of carbonyl (C=O) groups excluding carboxylic acids is 1. The lowest BCUT2D eigenvalue weighted by molar-refractivity contribution is 0.0919. The predicted octanol–water partition coefficient (Wildman–Crippen LogP) is 3.02. The van der Waals surface area contributed by atoms with Gasteiger partial charge in [0, 0.05) is 16.8 Å². The van der Waals surface area contributed by atoms with Gasteiger partial charge in [-0.15, -0.1) is 0 Å². The van der Waals surface area contributed by atoms with Crippen molar-refractivity contribution in [3.63, 3.8) is 0 Å².